The van der Waals surface area contributed by atoms with Crippen molar-refractivity contribution in [1.29, 1.82) is 0 Å². The molecule has 0 atom stereocenters. The van der Waals surface area contributed by atoms with E-state index in [0.717, 1.165) is 5.56 Å². The lowest BCUT2D eigenvalue weighted by atomic mass is 10.1. The van der Waals surface area contributed by atoms with Crippen molar-refractivity contribution >= 4 is 0 Å². The molecule has 3 rings (SSSR count). The van der Waals surface area contributed by atoms with Crippen LogP contribution in [0.15, 0.2) is 40.8 Å². The van der Waals surface area contributed by atoms with Crippen molar-refractivity contribution < 1.29 is 26.7 Å². The van der Waals surface area contributed by atoms with Gasteiger partial charge in [0.1, 0.15) is 11.6 Å². The van der Waals surface area contributed by atoms with E-state index in [1.165, 1.54) is 12.1 Å². The molecule has 0 spiro atoms. The summed E-state index contributed by atoms with van der Waals surface area (Å²) in [7, 11) is 1.86. The summed E-state index contributed by atoms with van der Waals surface area (Å²) >= 11 is 0. The molecule has 1 heterocycles. The maximum Gasteiger partial charge on any atom is 0.422 e. The second-order valence-corrected chi connectivity index (χ2v) is 7.14. The number of aromatic nitrogens is 2. The van der Waals surface area contributed by atoms with Gasteiger partial charge in [-0.25, -0.2) is 4.39 Å². The van der Waals surface area contributed by atoms with Crippen LogP contribution in [0.4, 0.5) is 17.6 Å². The Labute approximate surface area is 171 Å². The van der Waals surface area contributed by atoms with E-state index in [-0.39, 0.29) is 11.6 Å². The number of alkyl halides is 3. The van der Waals surface area contributed by atoms with Gasteiger partial charge in [0.2, 0.25) is 11.8 Å². The number of halogens is 4. The van der Waals surface area contributed by atoms with E-state index in [1.54, 1.807) is 38.1 Å². The SMILES string of the molecule is Cc1cc(CN(C)Cc2nnc(-c3ccc(F)cc3)o2)cc(C)c1OCC(F)(F)F. The van der Waals surface area contributed by atoms with Gasteiger partial charge in [-0.1, -0.05) is 12.1 Å². The molecular weight excluding hydrogens is 402 g/mol. The Morgan fingerprint density at radius 1 is 1.00 bits per heavy atom. The Morgan fingerprint density at radius 2 is 1.63 bits per heavy atom. The molecule has 2 aromatic carbocycles. The van der Waals surface area contributed by atoms with E-state index < -0.39 is 12.8 Å². The minimum atomic E-state index is -4.38. The zero-order valence-corrected chi connectivity index (χ0v) is 16.8. The largest absolute Gasteiger partial charge is 0.484 e. The van der Waals surface area contributed by atoms with Crippen molar-refractivity contribution in [2.24, 2.45) is 0 Å². The van der Waals surface area contributed by atoms with Crippen LogP contribution in [0, 0.1) is 19.7 Å². The Hall–Kier alpha value is -2.94. The van der Waals surface area contributed by atoms with Crippen molar-refractivity contribution in [3.8, 4) is 17.2 Å². The summed E-state index contributed by atoms with van der Waals surface area (Å²) in [5.41, 5.74) is 2.82. The third kappa shape index (κ3) is 5.79. The number of hydrogen-bond donors (Lipinski definition) is 0. The second kappa shape index (κ2) is 8.83. The van der Waals surface area contributed by atoms with Gasteiger partial charge in [0.15, 0.2) is 6.61 Å². The Kier molecular flexibility index (Phi) is 6.40. The van der Waals surface area contributed by atoms with Crippen molar-refractivity contribution in [3.63, 3.8) is 0 Å². The Morgan fingerprint density at radius 3 is 2.23 bits per heavy atom. The lowest BCUT2D eigenvalue weighted by Gasteiger charge is -2.18. The van der Waals surface area contributed by atoms with E-state index in [0.29, 0.717) is 41.6 Å². The molecule has 9 heteroatoms. The van der Waals surface area contributed by atoms with Gasteiger partial charge >= 0.3 is 6.18 Å². The van der Waals surface area contributed by atoms with E-state index in [1.807, 2.05) is 11.9 Å². The first-order valence-electron chi connectivity index (χ1n) is 9.17. The molecule has 1 aromatic heterocycles. The molecule has 0 aliphatic heterocycles. The maximum absolute atomic E-state index is 13.0. The third-order valence-electron chi connectivity index (χ3n) is 4.32. The van der Waals surface area contributed by atoms with Crippen LogP contribution < -0.4 is 4.74 Å². The monoisotopic (exact) mass is 423 g/mol. The molecule has 0 saturated carbocycles. The van der Waals surface area contributed by atoms with Gasteiger partial charge in [-0.2, -0.15) is 13.2 Å². The maximum atomic E-state index is 13.0. The molecule has 0 unspecified atom stereocenters. The highest BCUT2D eigenvalue weighted by molar-refractivity contribution is 5.51. The summed E-state index contributed by atoms with van der Waals surface area (Å²) in [5, 5.41) is 8.00. The normalized spacial score (nSPS) is 11.9. The molecule has 0 radical (unpaired) electrons. The smallest absolute Gasteiger partial charge is 0.422 e. The summed E-state index contributed by atoms with van der Waals surface area (Å²) in [6, 6.07) is 9.35. The summed E-state index contributed by atoms with van der Waals surface area (Å²) < 4.78 is 60.9. The van der Waals surface area contributed by atoms with Crippen LogP contribution in [-0.2, 0) is 13.1 Å². The van der Waals surface area contributed by atoms with Crippen LogP contribution in [0.3, 0.4) is 0 Å². The van der Waals surface area contributed by atoms with Gasteiger partial charge in [0.25, 0.3) is 0 Å². The second-order valence-electron chi connectivity index (χ2n) is 7.14. The highest BCUT2D eigenvalue weighted by Gasteiger charge is 2.29. The third-order valence-corrected chi connectivity index (χ3v) is 4.32. The quantitative estimate of drug-likeness (QED) is 0.497. The minimum Gasteiger partial charge on any atom is -0.484 e. The molecule has 30 heavy (non-hydrogen) atoms. The Balaban J connectivity index is 1.63. The highest BCUT2D eigenvalue weighted by Crippen LogP contribution is 2.28. The minimum absolute atomic E-state index is 0.250. The zero-order valence-electron chi connectivity index (χ0n) is 16.8. The molecule has 0 amide bonds. The van der Waals surface area contributed by atoms with Crippen LogP contribution in [0.25, 0.3) is 11.5 Å². The molecule has 3 aromatic rings. The van der Waals surface area contributed by atoms with Gasteiger partial charge in [0, 0.05) is 12.1 Å². The molecule has 0 aliphatic rings. The van der Waals surface area contributed by atoms with E-state index >= 15 is 0 Å². The highest BCUT2D eigenvalue weighted by atomic mass is 19.4. The van der Waals surface area contributed by atoms with E-state index in [2.05, 4.69) is 10.2 Å². The fourth-order valence-electron chi connectivity index (χ4n) is 3.14. The van der Waals surface area contributed by atoms with Crippen molar-refractivity contribution in [1.82, 2.24) is 15.1 Å². The molecule has 0 aliphatic carbocycles. The van der Waals surface area contributed by atoms with Crippen LogP contribution in [0.1, 0.15) is 22.6 Å². The fourth-order valence-corrected chi connectivity index (χ4v) is 3.14. The van der Waals surface area contributed by atoms with Crippen molar-refractivity contribution in [2.75, 3.05) is 13.7 Å². The number of rotatable bonds is 7. The topological polar surface area (TPSA) is 51.4 Å². The summed E-state index contributed by atoms with van der Waals surface area (Å²) in [6.07, 6.45) is -4.38. The lowest BCUT2D eigenvalue weighted by molar-refractivity contribution is -0.153. The molecule has 0 bridgehead atoms. The average Bonchev–Trinajstić information content (AvgIpc) is 3.08. The standard InChI is InChI=1S/C21H21F4N3O2/c1-13-8-15(9-14(2)19(13)29-12-21(23,24)25)10-28(3)11-18-26-27-20(30-18)16-4-6-17(22)7-5-16/h4-9H,10-12H2,1-3H3. The molecule has 0 fully saturated rings. The molecule has 0 saturated heterocycles. The number of aryl methyl sites for hydroxylation is 2. The number of nitrogens with zero attached hydrogens (tertiary/aromatic N) is 3. The number of benzene rings is 2. The molecule has 0 N–H and O–H groups in total. The van der Waals surface area contributed by atoms with Crippen LogP contribution in [-0.4, -0.2) is 34.9 Å². The van der Waals surface area contributed by atoms with Gasteiger partial charge in [-0.3, -0.25) is 4.90 Å². The van der Waals surface area contributed by atoms with Crippen LogP contribution >= 0.6 is 0 Å². The Bertz CT molecular complexity index is 977. The van der Waals surface area contributed by atoms with Gasteiger partial charge < -0.3 is 9.15 Å². The van der Waals surface area contributed by atoms with E-state index in [4.69, 9.17) is 9.15 Å². The van der Waals surface area contributed by atoms with Gasteiger partial charge in [-0.05, 0) is 61.9 Å². The van der Waals surface area contributed by atoms with Crippen molar-refractivity contribution in [3.05, 3.63) is 64.8 Å². The first-order valence-corrected chi connectivity index (χ1v) is 9.17. The summed E-state index contributed by atoms with van der Waals surface area (Å²) in [6.45, 7) is 3.01. The van der Waals surface area contributed by atoms with Gasteiger partial charge in [-0.15, -0.1) is 10.2 Å². The summed E-state index contributed by atoms with van der Waals surface area (Å²) in [4.78, 5) is 1.94. The fraction of sp³-hybridized carbons (Fsp3) is 0.333. The van der Waals surface area contributed by atoms with Crippen molar-refractivity contribution in [2.45, 2.75) is 33.1 Å². The average molecular weight is 423 g/mol. The predicted octanol–water partition coefficient (Wildman–Crippen LogP) is 5.07. The van der Waals surface area contributed by atoms with E-state index in [9.17, 15) is 17.6 Å². The molecule has 160 valence electrons. The number of ether oxygens (including phenoxy) is 1. The van der Waals surface area contributed by atoms with Crippen LogP contribution in [0.2, 0.25) is 0 Å². The first kappa shape index (κ1) is 21.8. The summed E-state index contributed by atoms with van der Waals surface area (Å²) in [5.74, 6) is 0.602. The zero-order chi connectivity index (χ0) is 21.9. The predicted molar refractivity (Wildman–Crippen MR) is 102 cm³/mol. The first-order chi connectivity index (χ1) is 14.1. The van der Waals surface area contributed by atoms with Gasteiger partial charge in [0.05, 0.1) is 6.54 Å². The van der Waals surface area contributed by atoms with Crippen LogP contribution in [0.5, 0.6) is 5.75 Å². The number of hydrogen-bond acceptors (Lipinski definition) is 5. The molecule has 5 nitrogen and oxygen atoms in total. The molecular formula is C21H21F4N3O2. The lowest BCUT2D eigenvalue weighted by Crippen LogP contribution is -2.20.